The Bertz CT molecular complexity index is 605. The van der Waals surface area contributed by atoms with Crippen LogP contribution in [0.15, 0.2) is 18.3 Å². The minimum Gasteiger partial charge on any atom is -0.462 e. The van der Waals surface area contributed by atoms with Crippen LogP contribution in [0.1, 0.15) is 36.5 Å². The van der Waals surface area contributed by atoms with Gasteiger partial charge in [0.25, 0.3) is 0 Å². The third-order valence-electron chi connectivity index (χ3n) is 4.75. The van der Waals surface area contributed by atoms with E-state index in [1.165, 1.54) is 0 Å². The number of amides is 1. The molecule has 0 aliphatic carbocycles. The smallest absolute Gasteiger partial charge is 0.339 e. The number of pyridine rings is 1. The summed E-state index contributed by atoms with van der Waals surface area (Å²) in [6.45, 7) is 6.18. The SMILES string of the molecule is CCOC(=O)c1ccc(N2CCCN(C(=O)C3CCCN3)CC2)nc1.Cl. The predicted molar refractivity (Wildman–Crippen MR) is 102 cm³/mol. The molecule has 1 unspecified atom stereocenters. The fourth-order valence-corrected chi connectivity index (χ4v) is 3.39. The van der Waals surface area contributed by atoms with E-state index in [9.17, 15) is 9.59 Å². The van der Waals surface area contributed by atoms with Crippen molar-refractivity contribution in [3.63, 3.8) is 0 Å². The van der Waals surface area contributed by atoms with Crippen molar-refractivity contribution in [2.24, 2.45) is 0 Å². The highest BCUT2D eigenvalue weighted by Gasteiger charge is 2.28. The molecule has 1 aromatic rings. The Balaban J connectivity index is 0.00000243. The van der Waals surface area contributed by atoms with Gasteiger partial charge >= 0.3 is 5.97 Å². The first kappa shape index (κ1) is 20.5. The van der Waals surface area contributed by atoms with Gasteiger partial charge in [-0.25, -0.2) is 9.78 Å². The van der Waals surface area contributed by atoms with E-state index in [1.54, 1.807) is 19.2 Å². The van der Waals surface area contributed by atoms with Gasteiger partial charge in [0.15, 0.2) is 0 Å². The number of esters is 1. The number of carbonyl (C=O) groups is 2. The van der Waals surface area contributed by atoms with Gasteiger partial charge in [0, 0.05) is 32.4 Å². The van der Waals surface area contributed by atoms with Crippen molar-refractivity contribution in [1.29, 1.82) is 0 Å². The molecular weight excluding hydrogens is 356 g/mol. The van der Waals surface area contributed by atoms with E-state index in [0.717, 1.165) is 51.3 Å². The van der Waals surface area contributed by atoms with Crippen LogP contribution in [0.3, 0.4) is 0 Å². The molecule has 0 radical (unpaired) electrons. The molecule has 8 heteroatoms. The minimum absolute atomic E-state index is 0. The number of aromatic nitrogens is 1. The summed E-state index contributed by atoms with van der Waals surface area (Å²) in [7, 11) is 0. The van der Waals surface area contributed by atoms with Gasteiger partial charge in [-0.15, -0.1) is 12.4 Å². The monoisotopic (exact) mass is 382 g/mol. The van der Waals surface area contributed by atoms with E-state index in [2.05, 4.69) is 15.2 Å². The maximum atomic E-state index is 12.6. The molecule has 144 valence electrons. The normalized spacial score (nSPS) is 20.3. The van der Waals surface area contributed by atoms with Crippen LogP contribution in [0.2, 0.25) is 0 Å². The van der Waals surface area contributed by atoms with E-state index >= 15 is 0 Å². The summed E-state index contributed by atoms with van der Waals surface area (Å²) in [5.41, 5.74) is 0.463. The molecule has 3 heterocycles. The van der Waals surface area contributed by atoms with Crippen molar-refractivity contribution >= 4 is 30.1 Å². The topological polar surface area (TPSA) is 74.8 Å². The Hall–Kier alpha value is -1.86. The van der Waals surface area contributed by atoms with Gasteiger partial charge in [-0.2, -0.15) is 0 Å². The van der Waals surface area contributed by atoms with Crippen LogP contribution in [-0.2, 0) is 9.53 Å². The van der Waals surface area contributed by atoms with Gasteiger partial charge < -0.3 is 19.9 Å². The quantitative estimate of drug-likeness (QED) is 0.795. The van der Waals surface area contributed by atoms with Gasteiger partial charge in [0.05, 0.1) is 18.2 Å². The molecule has 1 aromatic heterocycles. The van der Waals surface area contributed by atoms with Gasteiger partial charge in [-0.1, -0.05) is 0 Å². The summed E-state index contributed by atoms with van der Waals surface area (Å²) in [6, 6.07) is 3.59. The summed E-state index contributed by atoms with van der Waals surface area (Å²) in [5, 5.41) is 3.28. The molecule has 1 N–H and O–H groups in total. The first-order valence-electron chi connectivity index (χ1n) is 9.09. The van der Waals surface area contributed by atoms with Crippen molar-refractivity contribution in [3.05, 3.63) is 23.9 Å². The van der Waals surface area contributed by atoms with Crippen LogP contribution in [0, 0.1) is 0 Å². The molecule has 0 saturated carbocycles. The van der Waals surface area contributed by atoms with Gasteiger partial charge in [0.1, 0.15) is 5.82 Å². The summed E-state index contributed by atoms with van der Waals surface area (Å²) in [6.07, 6.45) is 4.49. The number of halogens is 1. The van der Waals surface area contributed by atoms with Gasteiger partial charge in [-0.3, -0.25) is 4.79 Å². The van der Waals surface area contributed by atoms with Gasteiger partial charge in [0.2, 0.25) is 5.91 Å². The van der Waals surface area contributed by atoms with Crippen LogP contribution in [0.4, 0.5) is 5.82 Å². The Labute approximate surface area is 160 Å². The first-order chi connectivity index (χ1) is 12.2. The van der Waals surface area contributed by atoms with Crippen LogP contribution in [0.25, 0.3) is 0 Å². The zero-order valence-electron chi connectivity index (χ0n) is 15.1. The lowest BCUT2D eigenvalue weighted by Crippen LogP contribution is -2.45. The Kier molecular flexibility index (Phi) is 7.66. The molecule has 7 nitrogen and oxygen atoms in total. The number of nitrogens with zero attached hydrogens (tertiary/aromatic N) is 3. The fraction of sp³-hybridized carbons (Fsp3) is 0.611. The fourth-order valence-electron chi connectivity index (χ4n) is 3.39. The predicted octanol–water partition coefficient (Wildman–Crippen LogP) is 1.47. The Morgan fingerprint density at radius 1 is 1.23 bits per heavy atom. The van der Waals surface area contributed by atoms with E-state index in [0.29, 0.717) is 18.7 Å². The molecule has 2 aliphatic rings. The van der Waals surface area contributed by atoms with Crippen molar-refractivity contribution in [3.8, 4) is 0 Å². The molecule has 2 fully saturated rings. The van der Waals surface area contributed by atoms with Gasteiger partial charge in [-0.05, 0) is 44.9 Å². The second-order valence-corrected chi connectivity index (χ2v) is 6.44. The summed E-state index contributed by atoms with van der Waals surface area (Å²) in [5.74, 6) is 0.713. The lowest BCUT2D eigenvalue weighted by molar-refractivity contribution is -0.132. The highest BCUT2D eigenvalue weighted by molar-refractivity contribution is 5.89. The van der Waals surface area contributed by atoms with E-state index in [-0.39, 0.29) is 30.3 Å². The number of anilines is 1. The van der Waals surface area contributed by atoms with Crippen molar-refractivity contribution < 1.29 is 14.3 Å². The molecule has 1 atom stereocenters. The highest BCUT2D eigenvalue weighted by Crippen LogP contribution is 2.16. The lowest BCUT2D eigenvalue weighted by Gasteiger charge is -2.25. The molecule has 0 aromatic carbocycles. The number of nitrogens with one attached hydrogen (secondary N) is 1. The lowest BCUT2D eigenvalue weighted by atomic mass is 10.2. The Morgan fingerprint density at radius 3 is 2.73 bits per heavy atom. The number of hydrogen-bond acceptors (Lipinski definition) is 6. The number of rotatable bonds is 4. The van der Waals surface area contributed by atoms with Crippen LogP contribution < -0.4 is 10.2 Å². The second kappa shape index (κ2) is 9.73. The number of ether oxygens (including phenoxy) is 1. The van der Waals surface area contributed by atoms with E-state index < -0.39 is 0 Å². The standard InChI is InChI=1S/C18H26N4O3.ClH/c1-2-25-18(24)14-6-7-16(20-13-14)21-9-4-10-22(12-11-21)17(23)15-5-3-8-19-15;/h6-7,13,15,19H,2-5,8-12H2,1H3;1H. The third kappa shape index (κ3) is 4.86. The van der Waals surface area contributed by atoms with Crippen molar-refractivity contribution in [1.82, 2.24) is 15.2 Å². The molecule has 1 amide bonds. The average Bonchev–Trinajstić information content (AvgIpc) is 3.06. The maximum Gasteiger partial charge on any atom is 0.339 e. The summed E-state index contributed by atoms with van der Waals surface area (Å²) in [4.78, 5) is 32.8. The summed E-state index contributed by atoms with van der Waals surface area (Å²) >= 11 is 0. The number of hydrogen-bond donors (Lipinski definition) is 1. The average molecular weight is 383 g/mol. The van der Waals surface area contributed by atoms with E-state index in [1.807, 2.05) is 11.0 Å². The van der Waals surface area contributed by atoms with Crippen molar-refractivity contribution in [2.75, 3.05) is 44.2 Å². The zero-order valence-corrected chi connectivity index (χ0v) is 16.0. The van der Waals surface area contributed by atoms with Crippen molar-refractivity contribution in [2.45, 2.75) is 32.2 Å². The summed E-state index contributed by atoms with van der Waals surface area (Å²) < 4.78 is 4.98. The molecule has 2 aliphatic heterocycles. The number of carbonyl (C=O) groups excluding carboxylic acids is 2. The van der Waals surface area contributed by atoms with Crippen LogP contribution in [0.5, 0.6) is 0 Å². The molecule has 3 rings (SSSR count). The molecule has 26 heavy (non-hydrogen) atoms. The largest absolute Gasteiger partial charge is 0.462 e. The molecule has 2 saturated heterocycles. The first-order valence-corrected chi connectivity index (χ1v) is 9.09. The van der Waals surface area contributed by atoms with E-state index in [4.69, 9.17) is 4.74 Å². The van der Waals surface area contributed by atoms with Crippen LogP contribution >= 0.6 is 12.4 Å². The maximum absolute atomic E-state index is 12.6. The highest BCUT2D eigenvalue weighted by atomic mass is 35.5. The minimum atomic E-state index is -0.349. The Morgan fingerprint density at radius 2 is 2.08 bits per heavy atom. The zero-order chi connectivity index (χ0) is 17.6. The second-order valence-electron chi connectivity index (χ2n) is 6.44. The molecular formula is C18H27ClN4O3. The van der Waals surface area contributed by atoms with Crippen LogP contribution in [-0.4, -0.2) is 67.1 Å². The molecule has 0 bridgehead atoms. The third-order valence-corrected chi connectivity index (χ3v) is 4.75. The molecule has 0 spiro atoms.